The molecule has 0 aliphatic rings. The summed E-state index contributed by atoms with van der Waals surface area (Å²) in [6.45, 7) is 6.35. The molecule has 0 spiro atoms. The second kappa shape index (κ2) is 24.6. The van der Waals surface area contributed by atoms with Gasteiger partial charge in [0.1, 0.15) is 0 Å². The van der Waals surface area contributed by atoms with E-state index in [1.807, 2.05) is 0 Å². The van der Waals surface area contributed by atoms with E-state index >= 15 is 0 Å². The molecule has 0 rings (SSSR count). The van der Waals surface area contributed by atoms with Gasteiger partial charge >= 0.3 is 23.9 Å². The van der Waals surface area contributed by atoms with Gasteiger partial charge in [0, 0.05) is 64.8 Å². The number of ketones is 4. The molecule has 0 aromatic rings. The summed E-state index contributed by atoms with van der Waals surface area (Å²) >= 11 is 0. The Kier molecular flexibility index (Phi) is 22.7. The summed E-state index contributed by atoms with van der Waals surface area (Å²) in [7, 11) is 0. The van der Waals surface area contributed by atoms with Gasteiger partial charge in [0.2, 0.25) is 29.0 Å². The number of hydrogen-bond acceptors (Lipinski definition) is 16. The summed E-state index contributed by atoms with van der Waals surface area (Å²) in [6, 6.07) is 0. The molecule has 0 radical (unpaired) electrons. The molecule has 0 unspecified atom stereocenters. The molecule has 0 amide bonds. The van der Waals surface area contributed by atoms with Gasteiger partial charge in [-0.15, -0.1) is 0 Å². The van der Waals surface area contributed by atoms with Crippen LogP contribution in [0.4, 0.5) is 0 Å². The van der Waals surface area contributed by atoms with Crippen molar-refractivity contribution in [2.45, 2.75) is 91.4 Å². The van der Waals surface area contributed by atoms with Crippen LogP contribution in [-0.2, 0) is 57.3 Å². The van der Waals surface area contributed by atoms with E-state index in [0.29, 0.717) is 25.9 Å². The van der Waals surface area contributed by atoms with Crippen molar-refractivity contribution >= 4 is 47.0 Å². The number of nitrogens with zero attached hydrogens (tertiary/aromatic N) is 2. The fourth-order valence-corrected chi connectivity index (χ4v) is 3.92. The van der Waals surface area contributed by atoms with Gasteiger partial charge in [0.15, 0.2) is 0 Å². The van der Waals surface area contributed by atoms with E-state index in [1.54, 1.807) is 4.90 Å². The minimum Gasteiger partial charge on any atom is -0.460 e. The summed E-state index contributed by atoms with van der Waals surface area (Å²) in [6.07, 6.45) is 0.605. The number of hydrogen-bond donors (Lipinski definition) is 2. The molecule has 0 aliphatic heterocycles. The van der Waals surface area contributed by atoms with Crippen LogP contribution in [0.2, 0.25) is 0 Å². The van der Waals surface area contributed by atoms with Crippen LogP contribution in [0.3, 0.4) is 0 Å². The third-order valence-corrected chi connectivity index (χ3v) is 6.78. The lowest BCUT2D eigenvalue weighted by Crippen LogP contribution is -2.52. The lowest BCUT2D eigenvalue weighted by molar-refractivity contribution is -0.270. The van der Waals surface area contributed by atoms with Gasteiger partial charge in [0.05, 0.1) is 26.4 Å². The molecule has 0 atom stereocenters. The molecule has 0 fully saturated rings. The van der Waals surface area contributed by atoms with E-state index < -0.39 is 52.9 Å². The van der Waals surface area contributed by atoms with Gasteiger partial charge in [-0.25, -0.2) is 19.2 Å². The molecule has 0 aromatic heterocycles. The van der Waals surface area contributed by atoms with Gasteiger partial charge in [-0.2, -0.15) is 0 Å². The molecule has 0 aromatic carbocycles. The third-order valence-electron chi connectivity index (χ3n) is 6.78. The summed E-state index contributed by atoms with van der Waals surface area (Å²) < 4.78 is 19.8. The average Bonchev–Trinajstić information content (AvgIpc) is 3.07. The maximum atomic E-state index is 11.7. The molecule has 0 bridgehead atoms. The lowest BCUT2D eigenvalue weighted by Gasteiger charge is -2.36. The summed E-state index contributed by atoms with van der Waals surface area (Å²) in [5.41, 5.74) is 0. The number of esters is 4. The molecular weight excluding hydrogens is 624 g/mol. The van der Waals surface area contributed by atoms with Gasteiger partial charge < -0.3 is 34.1 Å². The van der Waals surface area contributed by atoms with Crippen molar-refractivity contribution in [2.24, 2.45) is 0 Å². The largest absolute Gasteiger partial charge is 0.460 e. The van der Waals surface area contributed by atoms with Crippen molar-refractivity contribution in [1.29, 1.82) is 0 Å². The first-order valence-corrected chi connectivity index (χ1v) is 16.0. The Morgan fingerprint density at radius 3 is 1.02 bits per heavy atom. The van der Waals surface area contributed by atoms with E-state index in [4.69, 9.17) is 18.9 Å². The summed E-state index contributed by atoms with van der Waals surface area (Å²) in [4.78, 5) is 95.7. The molecule has 0 saturated carbocycles. The van der Waals surface area contributed by atoms with Gasteiger partial charge in [-0.05, 0) is 25.7 Å². The topological polar surface area (TPSA) is 220 Å². The summed E-state index contributed by atoms with van der Waals surface area (Å²) in [5.74, 6) is -8.98. The lowest BCUT2D eigenvalue weighted by atomic mass is 10.2. The van der Waals surface area contributed by atoms with Gasteiger partial charge in [-0.1, -0.05) is 27.7 Å². The predicted octanol–water partition coefficient (Wildman–Crippen LogP) is 0.269. The van der Waals surface area contributed by atoms with Crippen molar-refractivity contribution in [3.05, 3.63) is 0 Å². The molecule has 16 nitrogen and oxygen atoms in total. The maximum Gasteiger partial charge on any atom is 0.374 e. The molecule has 16 heteroatoms. The monoisotopic (exact) mass is 674 g/mol. The number of rotatable bonds is 28. The van der Waals surface area contributed by atoms with Gasteiger partial charge in [0.25, 0.3) is 0 Å². The second-order valence-electron chi connectivity index (χ2n) is 10.4. The standard InChI is InChI=1S/C31H50N2O14/c1-5-23(34)27(38)44-19-9-14-32(15-10-20-45-28(39)24(35)6-2)18-13-31(42,43)33(16-11-21-46-29(40)25(36)7-3)17-12-22-47-30(41)26(37)8-4/h42-43H,5-22H2,1-4H3. The van der Waals surface area contributed by atoms with Crippen LogP contribution in [0, 0.1) is 0 Å². The van der Waals surface area contributed by atoms with Crippen LogP contribution in [0.1, 0.15) is 85.5 Å². The van der Waals surface area contributed by atoms with Gasteiger partial charge in [-0.3, -0.25) is 24.1 Å². The minimum absolute atomic E-state index is 0.00521. The number of carbonyl (C=O) groups excluding carboxylic acids is 8. The van der Waals surface area contributed by atoms with E-state index in [1.165, 1.54) is 32.6 Å². The Balaban J connectivity index is 5.42. The smallest absolute Gasteiger partial charge is 0.374 e. The van der Waals surface area contributed by atoms with Crippen molar-refractivity contribution < 1.29 is 67.5 Å². The van der Waals surface area contributed by atoms with Crippen molar-refractivity contribution in [3.63, 3.8) is 0 Å². The normalized spacial score (nSPS) is 11.2. The fraction of sp³-hybridized carbons (Fsp3) is 0.742. The number of Topliss-reactive ketones (excluding diaryl/α,β-unsaturated/α-hetero) is 4. The second-order valence-corrected chi connectivity index (χ2v) is 10.4. The fourth-order valence-electron chi connectivity index (χ4n) is 3.92. The Labute approximate surface area is 275 Å². The molecule has 268 valence electrons. The zero-order chi connectivity index (χ0) is 35.8. The molecule has 0 heterocycles. The summed E-state index contributed by atoms with van der Waals surface area (Å²) in [5, 5.41) is 22.2. The highest BCUT2D eigenvalue weighted by atomic mass is 16.6. The quantitative estimate of drug-likeness (QED) is 0.0374. The predicted molar refractivity (Wildman–Crippen MR) is 163 cm³/mol. The zero-order valence-corrected chi connectivity index (χ0v) is 27.9. The van der Waals surface area contributed by atoms with Crippen LogP contribution >= 0.6 is 0 Å². The van der Waals surface area contributed by atoms with Crippen LogP contribution in [0.15, 0.2) is 0 Å². The van der Waals surface area contributed by atoms with Crippen LogP contribution in [-0.4, -0.2) is 132 Å². The highest BCUT2D eigenvalue weighted by Crippen LogP contribution is 2.16. The molecule has 2 N–H and O–H groups in total. The van der Waals surface area contributed by atoms with Crippen LogP contribution in [0.25, 0.3) is 0 Å². The van der Waals surface area contributed by atoms with E-state index in [2.05, 4.69) is 0 Å². The van der Waals surface area contributed by atoms with Crippen molar-refractivity contribution in [2.75, 3.05) is 59.2 Å². The Bertz CT molecular complexity index is 987. The number of aliphatic hydroxyl groups is 2. The molecule has 0 aliphatic carbocycles. The van der Waals surface area contributed by atoms with E-state index in [0.717, 1.165) is 0 Å². The first-order valence-electron chi connectivity index (χ1n) is 16.0. The average molecular weight is 675 g/mol. The molecule has 0 saturated heterocycles. The Morgan fingerprint density at radius 1 is 0.468 bits per heavy atom. The SMILES string of the molecule is CCC(=O)C(=O)OCCCN(CCCOC(=O)C(=O)CC)CCC(O)(O)N(CCCOC(=O)C(=O)CC)CCCOC(=O)C(=O)CC. The first-order chi connectivity index (χ1) is 22.2. The maximum absolute atomic E-state index is 11.7. The van der Waals surface area contributed by atoms with Crippen LogP contribution < -0.4 is 0 Å². The first kappa shape index (κ1) is 43.4. The van der Waals surface area contributed by atoms with E-state index in [9.17, 15) is 48.6 Å². The van der Waals surface area contributed by atoms with Crippen LogP contribution in [0.5, 0.6) is 0 Å². The number of ether oxygens (including phenoxy) is 4. The minimum atomic E-state index is -2.41. The molecular formula is C31H50N2O14. The Morgan fingerprint density at radius 2 is 0.745 bits per heavy atom. The third kappa shape index (κ3) is 19.0. The molecule has 47 heavy (non-hydrogen) atoms. The highest BCUT2D eigenvalue weighted by molar-refractivity contribution is 6.34. The number of carbonyl (C=O) groups is 8. The Hall–Kier alpha value is -3.60. The van der Waals surface area contributed by atoms with Crippen molar-refractivity contribution in [1.82, 2.24) is 9.80 Å². The van der Waals surface area contributed by atoms with E-state index in [-0.39, 0.29) is 91.0 Å². The zero-order valence-electron chi connectivity index (χ0n) is 27.9. The van der Waals surface area contributed by atoms with Crippen molar-refractivity contribution in [3.8, 4) is 0 Å². The highest BCUT2D eigenvalue weighted by Gasteiger charge is 2.32.